The number of benzene rings is 2. The molecule has 26 heavy (non-hydrogen) atoms. The maximum absolute atomic E-state index is 12.5. The van der Waals surface area contributed by atoms with Crippen molar-refractivity contribution in [1.82, 2.24) is 20.2 Å². The van der Waals surface area contributed by atoms with Gasteiger partial charge < -0.3 is 10.1 Å². The fraction of sp³-hybridized carbons (Fsp3) is 0.222. The Hall–Kier alpha value is -2.87. The van der Waals surface area contributed by atoms with Gasteiger partial charge in [0.1, 0.15) is 5.75 Å². The van der Waals surface area contributed by atoms with Gasteiger partial charge in [-0.15, -0.1) is 5.10 Å². The summed E-state index contributed by atoms with van der Waals surface area (Å²) in [6.45, 7) is 3.78. The Morgan fingerprint density at radius 1 is 1.19 bits per heavy atom. The number of carbonyl (C=O) groups is 1. The highest BCUT2D eigenvalue weighted by Crippen LogP contribution is 2.25. The van der Waals surface area contributed by atoms with E-state index in [0.29, 0.717) is 5.16 Å². The normalized spacial score (nSPS) is 11.8. The van der Waals surface area contributed by atoms with Crippen molar-refractivity contribution in [1.29, 1.82) is 0 Å². The number of thioether (sulfide) groups is 1. The van der Waals surface area contributed by atoms with Crippen LogP contribution in [0.4, 0.5) is 5.69 Å². The molecule has 1 amide bonds. The molecule has 0 aliphatic carbocycles. The summed E-state index contributed by atoms with van der Waals surface area (Å²) in [7, 11) is 1.61. The van der Waals surface area contributed by atoms with E-state index in [2.05, 4.69) is 20.8 Å². The van der Waals surface area contributed by atoms with E-state index in [-0.39, 0.29) is 11.2 Å². The van der Waals surface area contributed by atoms with Crippen LogP contribution in [0.15, 0.2) is 53.7 Å². The molecule has 3 aromatic rings. The molecule has 134 valence electrons. The zero-order valence-corrected chi connectivity index (χ0v) is 15.5. The summed E-state index contributed by atoms with van der Waals surface area (Å²) in [6.07, 6.45) is 0. The smallest absolute Gasteiger partial charge is 0.237 e. The van der Waals surface area contributed by atoms with Gasteiger partial charge in [-0.05, 0) is 60.2 Å². The average molecular weight is 369 g/mol. The molecule has 0 bridgehead atoms. The van der Waals surface area contributed by atoms with Crippen LogP contribution in [-0.4, -0.2) is 38.5 Å². The first-order chi connectivity index (χ1) is 12.6. The SMILES string of the molecule is COc1ccc(-n2nnnc2S[C@H](C)C(=O)Nc2ccccc2C)cc1. The number of aromatic nitrogens is 4. The number of carbonyl (C=O) groups excluding carboxylic acids is 1. The Bertz CT molecular complexity index is 895. The molecule has 0 fully saturated rings. The summed E-state index contributed by atoms with van der Waals surface area (Å²) in [5.41, 5.74) is 2.62. The number of nitrogens with one attached hydrogen (secondary N) is 1. The molecular formula is C18H19N5O2S. The van der Waals surface area contributed by atoms with Gasteiger partial charge in [-0.1, -0.05) is 30.0 Å². The molecule has 0 radical (unpaired) electrons. The van der Waals surface area contributed by atoms with Gasteiger partial charge in [0.25, 0.3) is 0 Å². The van der Waals surface area contributed by atoms with Crippen molar-refractivity contribution in [3.05, 3.63) is 54.1 Å². The van der Waals surface area contributed by atoms with Crippen LogP contribution in [0.3, 0.4) is 0 Å². The molecule has 1 atom stereocenters. The van der Waals surface area contributed by atoms with Crippen LogP contribution in [0.1, 0.15) is 12.5 Å². The third kappa shape index (κ3) is 4.02. The molecule has 7 nitrogen and oxygen atoms in total. The molecule has 0 saturated carbocycles. The first kappa shape index (κ1) is 17.9. The van der Waals surface area contributed by atoms with E-state index in [1.807, 2.05) is 62.4 Å². The molecule has 0 aliphatic heterocycles. The monoisotopic (exact) mass is 369 g/mol. The van der Waals surface area contributed by atoms with Gasteiger partial charge in [-0.2, -0.15) is 4.68 Å². The highest BCUT2D eigenvalue weighted by atomic mass is 32.2. The van der Waals surface area contributed by atoms with Crippen molar-refractivity contribution in [3.63, 3.8) is 0 Å². The summed E-state index contributed by atoms with van der Waals surface area (Å²) < 4.78 is 6.76. The van der Waals surface area contributed by atoms with E-state index >= 15 is 0 Å². The van der Waals surface area contributed by atoms with Gasteiger partial charge in [0.2, 0.25) is 11.1 Å². The van der Waals surface area contributed by atoms with Gasteiger partial charge in [-0.3, -0.25) is 4.79 Å². The van der Waals surface area contributed by atoms with E-state index in [4.69, 9.17) is 4.74 Å². The Morgan fingerprint density at radius 3 is 2.62 bits per heavy atom. The third-order valence-electron chi connectivity index (χ3n) is 3.81. The Morgan fingerprint density at radius 2 is 1.92 bits per heavy atom. The molecule has 3 rings (SSSR count). The number of ether oxygens (including phenoxy) is 1. The minimum Gasteiger partial charge on any atom is -0.497 e. The molecule has 1 heterocycles. The summed E-state index contributed by atoms with van der Waals surface area (Å²) in [6, 6.07) is 15.1. The Kier molecular flexibility index (Phi) is 5.52. The zero-order valence-electron chi connectivity index (χ0n) is 14.7. The molecule has 0 spiro atoms. The number of rotatable bonds is 6. The van der Waals surface area contributed by atoms with E-state index in [0.717, 1.165) is 22.7 Å². The van der Waals surface area contributed by atoms with E-state index in [1.165, 1.54) is 11.8 Å². The van der Waals surface area contributed by atoms with Crippen molar-refractivity contribution >= 4 is 23.4 Å². The fourth-order valence-corrected chi connectivity index (χ4v) is 3.10. The summed E-state index contributed by atoms with van der Waals surface area (Å²) in [4.78, 5) is 12.5. The lowest BCUT2D eigenvalue weighted by Crippen LogP contribution is -2.23. The second-order valence-corrected chi connectivity index (χ2v) is 6.94. The molecule has 2 aromatic carbocycles. The number of tetrazole rings is 1. The van der Waals surface area contributed by atoms with Crippen LogP contribution in [0, 0.1) is 6.92 Å². The minimum absolute atomic E-state index is 0.103. The van der Waals surface area contributed by atoms with Crippen LogP contribution in [0.2, 0.25) is 0 Å². The standard InChI is InChI=1S/C18H19N5O2S/c1-12-6-4-5-7-16(12)19-17(24)13(2)26-18-20-21-22-23(18)14-8-10-15(25-3)11-9-14/h4-11,13H,1-3H3,(H,19,24)/t13-/m1/s1. The Balaban J connectivity index is 1.72. The van der Waals surface area contributed by atoms with Crippen molar-refractivity contribution in [3.8, 4) is 11.4 Å². The number of hydrogen-bond donors (Lipinski definition) is 1. The van der Waals surface area contributed by atoms with Gasteiger partial charge in [0, 0.05) is 5.69 Å². The Labute approximate surface area is 155 Å². The lowest BCUT2D eigenvalue weighted by atomic mass is 10.2. The third-order valence-corrected chi connectivity index (χ3v) is 4.85. The van der Waals surface area contributed by atoms with Gasteiger partial charge in [0.15, 0.2) is 0 Å². The second-order valence-electron chi connectivity index (χ2n) is 5.64. The lowest BCUT2D eigenvalue weighted by molar-refractivity contribution is -0.115. The molecule has 0 saturated heterocycles. The summed E-state index contributed by atoms with van der Waals surface area (Å²) >= 11 is 1.30. The van der Waals surface area contributed by atoms with Crippen LogP contribution in [-0.2, 0) is 4.79 Å². The maximum Gasteiger partial charge on any atom is 0.237 e. The fourth-order valence-electron chi connectivity index (χ4n) is 2.30. The molecule has 0 aliphatic rings. The van der Waals surface area contributed by atoms with E-state index in [9.17, 15) is 4.79 Å². The lowest BCUT2D eigenvalue weighted by Gasteiger charge is -2.13. The number of aryl methyl sites for hydroxylation is 1. The predicted octanol–water partition coefficient (Wildman–Crippen LogP) is 3.10. The molecule has 1 aromatic heterocycles. The highest BCUT2D eigenvalue weighted by molar-refractivity contribution is 8.00. The van der Waals surface area contributed by atoms with Gasteiger partial charge in [-0.25, -0.2) is 0 Å². The maximum atomic E-state index is 12.5. The molecule has 8 heteroatoms. The largest absolute Gasteiger partial charge is 0.497 e. The van der Waals surface area contributed by atoms with Crippen molar-refractivity contribution < 1.29 is 9.53 Å². The topological polar surface area (TPSA) is 81.9 Å². The summed E-state index contributed by atoms with van der Waals surface area (Å²) in [5.74, 6) is 0.649. The van der Waals surface area contributed by atoms with Gasteiger partial charge >= 0.3 is 0 Å². The van der Waals surface area contributed by atoms with Crippen LogP contribution in [0.25, 0.3) is 5.69 Å². The number of nitrogens with zero attached hydrogens (tertiary/aromatic N) is 4. The van der Waals surface area contributed by atoms with Crippen molar-refractivity contribution in [2.75, 3.05) is 12.4 Å². The second kappa shape index (κ2) is 8.01. The first-order valence-corrected chi connectivity index (χ1v) is 8.92. The first-order valence-electron chi connectivity index (χ1n) is 8.04. The number of para-hydroxylation sites is 1. The van der Waals surface area contributed by atoms with Crippen molar-refractivity contribution in [2.45, 2.75) is 24.3 Å². The quantitative estimate of drug-likeness (QED) is 0.673. The van der Waals surface area contributed by atoms with E-state index < -0.39 is 0 Å². The van der Waals surface area contributed by atoms with Crippen LogP contribution in [0.5, 0.6) is 5.75 Å². The molecular weight excluding hydrogens is 350 g/mol. The van der Waals surface area contributed by atoms with Crippen molar-refractivity contribution in [2.24, 2.45) is 0 Å². The minimum atomic E-state index is -0.363. The molecule has 1 N–H and O–H groups in total. The highest BCUT2D eigenvalue weighted by Gasteiger charge is 2.19. The average Bonchev–Trinajstić information content (AvgIpc) is 3.11. The van der Waals surface area contributed by atoms with Crippen LogP contribution >= 0.6 is 11.8 Å². The zero-order chi connectivity index (χ0) is 18.5. The number of methoxy groups -OCH3 is 1. The number of hydrogen-bond acceptors (Lipinski definition) is 6. The number of anilines is 1. The van der Waals surface area contributed by atoms with E-state index in [1.54, 1.807) is 11.8 Å². The van der Waals surface area contributed by atoms with Gasteiger partial charge in [0.05, 0.1) is 18.0 Å². The number of amides is 1. The predicted molar refractivity (Wildman–Crippen MR) is 101 cm³/mol. The molecule has 0 unspecified atom stereocenters. The van der Waals surface area contributed by atoms with Crippen LogP contribution < -0.4 is 10.1 Å². The summed E-state index contributed by atoms with van der Waals surface area (Å²) in [5, 5.41) is 14.9.